The smallest absolute Gasteiger partial charge is 0.115 e. The second-order valence-corrected chi connectivity index (χ2v) is 3.57. The lowest BCUT2D eigenvalue weighted by molar-refractivity contribution is 0.0835. The van der Waals surface area contributed by atoms with Crippen molar-refractivity contribution >= 4 is 0 Å². The van der Waals surface area contributed by atoms with E-state index in [2.05, 4.69) is 0 Å². The van der Waals surface area contributed by atoms with E-state index in [1.165, 1.54) is 0 Å². The Labute approximate surface area is 83.6 Å². The molecule has 0 aliphatic rings. The van der Waals surface area contributed by atoms with Crippen molar-refractivity contribution in [1.29, 1.82) is 0 Å². The van der Waals surface area contributed by atoms with Crippen molar-refractivity contribution in [2.24, 2.45) is 0 Å². The van der Waals surface area contributed by atoms with Crippen molar-refractivity contribution < 1.29 is 15.3 Å². The summed E-state index contributed by atoms with van der Waals surface area (Å²) >= 11 is 0. The second kappa shape index (κ2) is 4.98. The molecule has 14 heavy (non-hydrogen) atoms. The van der Waals surface area contributed by atoms with Crippen LogP contribution >= 0.6 is 0 Å². The van der Waals surface area contributed by atoms with Crippen LogP contribution in [0.1, 0.15) is 24.8 Å². The molecular formula is C11H16O3. The van der Waals surface area contributed by atoms with E-state index in [9.17, 15) is 10.2 Å². The fourth-order valence-corrected chi connectivity index (χ4v) is 1.45. The molecule has 0 saturated carbocycles. The van der Waals surface area contributed by atoms with Crippen LogP contribution in [0.15, 0.2) is 24.3 Å². The fraction of sp³-hybridized carbons (Fsp3) is 0.455. The van der Waals surface area contributed by atoms with Crippen LogP contribution in [0.3, 0.4) is 0 Å². The van der Waals surface area contributed by atoms with Crippen LogP contribution in [0.5, 0.6) is 5.75 Å². The van der Waals surface area contributed by atoms with Gasteiger partial charge in [-0.3, -0.25) is 0 Å². The highest BCUT2D eigenvalue weighted by atomic mass is 16.3. The predicted octanol–water partition coefficient (Wildman–Crippen LogP) is 1.24. The molecule has 0 aliphatic carbocycles. The monoisotopic (exact) mass is 196 g/mol. The van der Waals surface area contributed by atoms with Crippen molar-refractivity contribution in [3.8, 4) is 5.75 Å². The van der Waals surface area contributed by atoms with E-state index in [-0.39, 0.29) is 18.3 Å². The molecule has 0 spiro atoms. The molecule has 1 aromatic carbocycles. The summed E-state index contributed by atoms with van der Waals surface area (Å²) in [6.07, 6.45) is -0.188. The van der Waals surface area contributed by atoms with Gasteiger partial charge in [-0.25, -0.2) is 0 Å². The number of phenolic OH excluding ortho intramolecular Hbond substituents is 1. The molecule has 0 aromatic heterocycles. The Morgan fingerprint density at radius 2 is 2.07 bits per heavy atom. The van der Waals surface area contributed by atoms with Crippen LogP contribution in [0.25, 0.3) is 0 Å². The van der Waals surface area contributed by atoms with Crippen molar-refractivity contribution in [1.82, 2.24) is 0 Å². The average molecular weight is 196 g/mol. The number of aromatic hydroxyl groups is 1. The van der Waals surface area contributed by atoms with E-state index in [1.54, 1.807) is 18.2 Å². The number of aliphatic hydroxyl groups is 2. The lowest BCUT2D eigenvalue weighted by Crippen LogP contribution is -2.14. The Morgan fingerprint density at radius 1 is 1.36 bits per heavy atom. The third-order valence-corrected chi connectivity index (χ3v) is 2.28. The Kier molecular flexibility index (Phi) is 3.92. The maximum atomic E-state index is 9.25. The first-order chi connectivity index (χ1) is 6.63. The standard InChI is InChI=1S/C11H16O3/c1-8(5-11(14)7-12)9-3-2-4-10(13)6-9/h2-4,6,8,11-14H,5,7H2,1H3. The number of hydrogen-bond donors (Lipinski definition) is 3. The van der Waals surface area contributed by atoms with E-state index in [1.807, 2.05) is 13.0 Å². The summed E-state index contributed by atoms with van der Waals surface area (Å²) in [7, 11) is 0. The van der Waals surface area contributed by atoms with Gasteiger partial charge in [-0.15, -0.1) is 0 Å². The Bertz CT molecular complexity index is 286. The normalized spacial score (nSPS) is 15.1. The summed E-state index contributed by atoms with van der Waals surface area (Å²) in [6, 6.07) is 6.95. The van der Waals surface area contributed by atoms with Gasteiger partial charge in [0.15, 0.2) is 0 Å². The number of hydrogen-bond acceptors (Lipinski definition) is 3. The van der Waals surface area contributed by atoms with Gasteiger partial charge in [-0.1, -0.05) is 19.1 Å². The lowest BCUT2D eigenvalue weighted by Gasteiger charge is -2.15. The van der Waals surface area contributed by atoms with Crippen LogP contribution in [0.2, 0.25) is 0 Å². The summed E-state index contributed by atoms with van der Waals surface area (Å²) in [5, 5.41) is 27.2. The van der Waals surface area contributed by atoms with Gasteiger partial charge in [0, 0.05) is 0 Å². The maximum absolute atomic E-state index is 9.25. The van der Waals surface area contributed by atoms with Crippen LogP contribution < -0.4 is 0 Å². The number of rotatable bonds is 4. The molecule has 3 N–H and O–H groups in total. The van der Waals surface area contributed by atoms with Crippen molar-refractivity contribution in [3.05, 3.63) is 29.8 Å². The van der Waals surface area contributed by atoms with Gasteiger partial charge in [0.2, 0.25) is 0 Å². The topological polar surface area (TPSA) is 60.7 Å². The van der Waals surface area contributed by atoms with E-state index in [4.69, 9.17) is 5.11 Å². The minimum absolute atomic E-state index is 0.129. The molecule has 2 unspecified atom stereocenters. The highest BCUT2D eigenvalue weighted by molar-refractivity contribution is 5.29. The summed E-state index contributed by atoms with van der Waals surface area (Å²) in [4.78, 5) is 0. The number of phenols is 1. The minimum atomic E-state index is -0.688. The third kappa shape index (κ3) is 3.01. The van der Waals surface area contributed by atoms with Gasteiger partial charge in [0.25, 0.3) is 0 Å². The van der Waals surface area contributed by atoms with E-state index >= 15 is 0 Å². The van der Waals surface area contributed by atoms with Gasteiger partial charge in [-0.05, 0) is 30.0 Å². The highest BCUT2D eigenvalue weighted by Crippen LogP contribution is 2.23. The van der Waals surface area contributed by atoms with Crippen molar-refractivity contribution in [2.45, 2.75) is 25.4 Å². The number of aliphatic hydroxyl groups excluding tert-OH is 2. The van der Waals surface area contributed by atoms with Gasteiger partial charge < -0.3 is 15.3 Å². The van der Waals surface area contributed by atoms with Crippen molar-refractivity contribution in [3.63, 3.8) is 0 Å². The molecule has 1 aromatic rings. The molecule has 0 aliphatic heterocycles. The SMILES string of the molecule is CC(CC(O)CO)c1cccc(O)c1. The minimum Gasteiger partial charge on any atom is -0.508 e. The molecule has 0 radical (unpaired) electrons. The van der Waals surface area contributed by atoms with Gasteiger partial charge in [0.1, 0.15) is 5.75 Å². The fourth-order valence-electron chi connectivity index (χ4n) is 1.45. The third-order valence-electron chi connectivity index (χ3n) is 2.28. The summed E-state index contributed by atoms with van der Waals surface area (Å²) in [5.41, 5.74) is 0.970. The van der Waals surface area contributed by atoms with Gasteiger partial charge >= 0.3 is 0 Å². The highest BCUT2D eigenvalue weighted by Gasteiger charge is 2.11. The summed E-state index contributed by atoms with van der Waals surface area (Å²) < 4.78 is 0. The largest absolute Gasteiger partial charge is 0.508 e. The molecule has 0 fully saturated rings. The molecule has 0 amide bonds. The van der Waals surface area contributed by atoms with Crippen LogP contribution in [-0.4, -0.2) is 28.0 Å². The Balaban J connectivity index is 2.64. The first-order valence-electron chi connectivity index (χ1n) is 4.71. The van der Waals surface area contributed by atoms with Crippen LogP contribution in [0, 0.1) is 0 Å². The zero-order valence-electron chi connectivity index (χ0n) is 8.22. The Hall–Kier alpha value is -1.06. The lowest BCUT2D eigenvalue weighted by atomic mass is 9.95. The molecule has 1 rings (SSSR count). The van der Waals surface area contributed by atoms with E-state index < -0.39 is 6.10 Å². The zero-order valence-corrected chi connectivity index (χ0v) is 8.22. The first kappa shape index (κ1) is 11.0. The second-order valence-electron chi connectivity index (χ2n) is 3.57. The maximum Gasteiger partial charge on any atom is 0.115 e. The van der Waals surface area contributed by atoms with Crippen LogP contribution in [0.4, 0.5) is 0 Å². The zero-order chi connectivity index (χ0) is 10.6. The molecule has 0 saturated heterocycles. The molecule has 78 valence electrons. The molecule has 3 nitrogen and oxygen atoms in total. The molecule has 2 atom stereocenters. The van der Waals surface area contributed by atoms with E-state index in [0.717, 1.165) is 5.56 Å². The summed E-state index contributed by atoms with van der Waals surface area (Å²) in [6.45, 7) is 1.73. The quantitative estimate of drug-likeness (QED) is 0.679. The predicted molar refractivity (Wildman–Crippen MR) is 54.2 cm³/mol. The Morgan fingerprint density at radius 3 is 2.64 bits per heavy atom. The van der Waals surface area contributed by atoms with Crippen LogP contribution in [-0.2, 0) is 0 Å². The van der Waals surface area contributed by atoms with Gasteiger partial charge in [0.05, 0.1) is 12.7 Å². The van der Waals surface area contributed by atoms with E-state index in [0.29, 0.717) is 6.42 Å². The summed E-state index contributed by atoms with van der Waals surface area (Å²) in [5.74, 6) is 0.358. The van der Waals surface area contributed by atoms with Crippen molar-refractivity contribution in [2.75, 3.05) is 6.61 Å². The molecule has 3 heteroatoms. The molecule has 0 heterocycles. The number of benzene rings is 1. The molecule has 0 bridgehead atoms. The average Bonchev–Trinajstić information content (AvgIpc) is 2.17. The first-order valence-corrected chi connectivity index (χ1v) is 4.71. The van der Waals surface area contributed by atoms with Gasteiger partial charge in [-0.2, -0.15) is 0 Å². The molecular weight excluding hydrogens is 180 g/mol.